The van der Waals surface area contributed by atoms with Crippen molar-refractivity contribution in [3.05, 3.63) is 12.2 Å². The lowest BCUT2D eigenvalue weighted by molar-refractivity contribution is 0.212. The SMILES string of the molecule is CS(=O)(=O)O[C@@H]1C[C@H]2CC=CC[C@H]2C1. The Labute approximate surface area is 85.3 Å². The Bertz CT molecular complexity index is 315. The van der Waals surface area contributed by atoms with Crippen molar-refractivity contribution in [2.75, 3.05) is 6.26 Å². The standard InChI is InChI=1S/C10H16O3S/c1-14(11,12)13-10-6-8-4-2-3-5-9(8)7-10/h2-3,8-10H,4-7H2,1H3/t8-,9+,10-. The molecule has 0 spiro atoms. The van der Waals surface area contributed by atoms with Crippen molar-refractivity contribution >= 4 is 10.1 Å². The van der Waals surface area contributed by atoms with E-state index in [2.05, 4.69) is 12.2 Å². The van der Waals surface area contributed by atoms with Crippen LogP contribution in [-0.2, 0) is 14.3 Å². The minimum Gasteiger partial charge on any atom is -0.267 e. The van der Waals surface area contributed by atoms with E-state index in [0.29, 0.717) is 11.8 Å². The Hall–Kier alpha value is -0.350. The summed E-state index contributed by atoms with van der Waals surface area (Å²) in [6, 6.07) is 0. The monoisotopic (exact) mass is 216 g/mol. The first-order valence-corrected chi connectivity index (χ1v) is 6.89. The quantitative estimate of drug-likeness (QED) is 0.521. The number of hydrogen-bond acceptors (Lipinski definition) is 3. The van der Waals surface area contributed by atoms with Gasteiger partial charge in [0.05, 0.1) is 12.4 Å². The molecule has 0 radical (unpaired) electrons. The van der Waals surface area contributed by atoms with E-state index in [1.165, 1.54) is 0 Å². The third-order valence-corrected chi connectivity index (χ3v) is 3.77. The number of allylic oxidation sites excluding steroid dienone is 2. The second-order valence-electron chi connectivity index (χ2n) is 4.36. The van der Waals surface area contributed by atoms with Crippen molar-refractivity contribution in [2.24, 2.45) is 11.8 Å². The van der Waals surface area contributed by atoms with Crippen LogP contribution in [0.5, 0.6) is 0 Å². The molecule has 1 saturated carbocycles. The van der Waals surface area contributed by atoms with Gasteiger partial charge in [0.2, 0.25) is 0 Å². The molecule has 0 heterocycles. The maximum atomic E-state index is 11.0. The van der Waals surface area contributed by atoms with Crippen LogP contribution in [0.25, 0.3) is 0 Å². The van der Waals surface area contributed by atoms with E-state index in [4.69, 9.17) is 4.18 Å². The number of rotatable bonds is 2. The summed E-state index contributed by atoms with van der Waals surface area (Å²) in [5.74, 6) is 1.29. The van der Waals surface area contributed by atoms with Crippen molar-refractivity contribution < 1.29 is 12.6 Å². The van der Waals surface area contributed by atoms with Gasteiger partial charge >= 0.3 is 0 Å². The summed E-state index contributed by atoms with van der Waals surface area (Å²) in [6.45, 7) is 0. The molecule has 0 unspecified atom stereocenters. The normalized spacial score (nSPS) is 37.1. The summed E-state index contributed by atoms with van der Waals surface area (Å²) in [4.78, 5) is 0. The average Bonchev–Trinajstić information content (AvgIpc) is 2.42. The van der Waals surface area contributed by atoms with E-state index < -0.39 is 10.1 Å². The van der Waals surface area contributed by atoms with Crippen molar-refractivity contribution in [1.29, 1.82) is 0 Å². The van der Waals surface area contributed by atoms with E-state index >= 15 is 0 Å². The molecular formula is C10H16O3S. The molecule has 2 aliphatic carbocycles. The fourth-order valence-electron chi connectivity index (χ4n) is 2.60. The van der Waals surface area contributed by atoms with Gasteiger partial charge in [-0.1, -0.05) is 12.2 Å². The number of fused-ring (bicyclic) bond motifs is 1. The van der Waals surface area contributed by atoms with Gasteiger partial charge in [-0.15, -0.1) is 0 Å². The van der Waals surface area contributed by atoms with Crippen LogP contribution in [0.1, 0.15) is 25.7 Å². The summed E-state index contributed by atoms with van der Waals surface area (Å²) in [7, 11) is -3.27. The summed E-state index contributed by atoms with van der Waals surface area (Å²) >= 11 is 0. The summed E-state index contributed by atoms with van der Waals surface area (Å²) in [5.41, 5.74) is 0. The Kier molecular flexibility index (Phi) is 2.66. The van der Waals surface area contributed by atoms with Gasteiger partial charge in [-0.05, 0) is 37.5 Å². The Balaban J connectivity index is 1.95. The van der Waals surface area contributed by atoms with Crippen LogP contribution >= 0.6 is 0 Å². The van der Waals surface area contributed by atoms with Crippen LogP contribution in [-0.4, -0.2) is 20.8 Å². The molecule has 0 bridgehead atoms. The van der Waals surface area contributed by atoms with Crippen LogP contribution in [0.2, 0.25) is 0 Å². The third-order valence-electron chi connectivity index (χ3n) is 3.15. The van der Waals surface area contributed by atoms with Crippen molar-refractivity contribution in [3.8, 4) is 0 Å². The average molecular weight is 216 g/mol. The highest BCUT2D eigenvalue weighted by molar-refractivity contribution is 7.86. The van der Waals surface area contributed by atoms with E-state index in [1.54, 1.807) is 0 Å². The predicted octanol–water partition coefficient (Wildman–Crippen LogP) is 1.71. The Morgan fingerprint density at radius 1 is 1.14 bits per heavy atom. The summed E-state index contributed by atoms with van der Waals surface area (Å²) in [6.07, 6.45) is 9.45. The second kappa shape index (κ2) is 3.66. The van der Waals surface area contributed by atoms with Crippen LogP contribution in [0, 0.1) is 11.8 Å². The molecule has 2 rings (SSSR count). The largest absolute Gasteiger partial charge is 0.267 e. The zero-order valence-electron chi connectivity index (χ0n) is 8.35. The van der Waals surface area contributed by atoms with Crippen molar-refractivity contribution in [3.63, 3.8) is 0 Å². The van der Waals surface area contributed by atoms with Gasteiger partial charge in [-0.2, -0.15) is 8.42 Å². The fourth-order valence-corrected chi connectivity index (χ4v) is 3.25. The highest BCUT2D eigenvalue weighted by atomic mass is 32.2. The highest BCUT2D eigenvalue weighted by Crippen LogP contribution is 2.41. The van der Waals surface area contributed by atoms with Crippen LogP contribution in [0.4, 0.5) is 0 Å². The van der Waals surface area contributed by atoms with E-state index in [-0.39, 0.29) is 6.10 Å². The van der Waals surface area contributed by atoms with Crippen molar-refractivity contribution in [1.82, 2.24) is 0 Å². The Morgan fingerprint density at radius 3 is 2.07 bits per heavy atom. The molecule has 0 aromatic heterocycles. The zero-order chi connectivity index (χ0) is 10.2. The smallest absolute Gasteiger partial charge is 0.264 e. The first-order valence-electron chi connectivity index (χ1n) is 5.08. The minimum absolute atomic E-state index is 0.0695. The van der Waals surface area contributed by atoms with Gasteiger partial charge in [-0.3, -0.25) is 4.18 Å². The first kappa shape index (κ1) is 10.2. The van der Waals surface area contributed by atoms with Gasteiger partial charge in [0.1, 0.15) is 0 Å². The van der Waals surface area contributed by atoms with Crippen LogP contribution in [0.3, 0.4) is 0 Å². The molecule has 0 aliphatic heterocycles. The molecule has 0 aromatic rings. The molecule has 3 atom stereocenters. The van der Waals surface area contributed by atoms with E-state index in [9.17, 15) is 8.42 Å². The van der Waals surface area contributed by atoms with Crippen molar-refractivity contribution in [2.45, 2.75) is 31.8 Å². The van der Waals surface area contributed by atoms with Gasteiger partial charge in [0.15, 0.2) is 0 Å². The molecule has 3 nitrogen and oxygen atoms in total. The molecule has 0 aromatic carbocycles. The lowest BCUT2D eigenvalue weighted by Crippen LogP contribution is -2.14. The third kappa shape index (κ3) is 2.36. The zero-order valence-corrected chi connectivity index (χ0v) is 9.16. The molecule has 0 amide bonds. The van der Waals surface area contributed by atoms with Crippen LogP contribution < -0.4 is 0 Å². The van der Waals surface area contributed by atoms with Gasteiger partial charge in [-0.25, -0.2) is 0 Å². The molecule has 2 aliphatic rings. The summed E-state index contributed by atoms with van der Waals surface area (Å²) in [5, 5.41) is 0. The molecule has 1 fully saturated rings. The molecule has 80 valence electrons. The maximum Gasteiger partial charge on any atom is 0.264 e. The molecule has 0 saturated heterocycles. The fraction of sp³-hybridized carbons (Fsp3) is 0.800. The predicted molar refractivity (Wildman–Crippen MR) is 54.3 cm³/mol. The van der Waals surface area contributed by atoms with E-state index in [1.807, 2.05) is 0 Å². The van der Waals surface area contributed by atoms with Gasteiger partial charge < -0.3 is 0 Å². The lowest BCUT2D eigenvalue weighted by Gasteiger charge is -2.19. The van der Waals surface area contributed by atoms with E-state index in [0.717, 1.165) is 31.9 Å². The molecular weight excluding hydrogens is 200 g/mol. The minimum atomic E-state index is -3.27. The van der Waals surface area contributed by atoms with Gasteiger partial charge in [0.25, 0.3) is 10.1 Å². The van der Waals surface area contributed by atoms with Gasteiger partial charge in [0, 0.05) is 0 Å². The molecule has 4 heteroatoms. The van der Waals surface area contributed by atoms with Crippen LogP contribution in [0.15, 0.2) is 12.2 Å². The highest BCUT2D eigenvalue weighted by Gasteiger charge is 2.36. The molecule has 14 heavy (non-hydrogen) atoms. The topological polar surface area (TPSA) is 43.4 Å². The summed E-state index contributed by atoms with van der Waals surface area (Å²) < 4.78 is 26.9. The Morgan fingerprint density at radius 2 is 1.64 bits per heavy atom. The first-order chi connectivity index (χ1) is 6.54. The number of hydrogen-bond donors (Lipinski definition) is 0. The second-order valence-corrected chi connectivity index (χ2v) is 5.96. The lowest BCUT2D eigenvalue weighted by atomic mass is 9.86. The molecule has 0 N–H and O–H groups in total. The maximum absolute atomic E-state index is 11.0.